The third-order valence-corrected chi connectivity index (χ3v) is 4.40. The number of thiazole rings is 1. The van der Waals surface area contributed by atoms with Gasteiger partial charge in [0.15, 0.2) is 9.49 Å². The quantitative estimate of drug-likeness (QED) is 0.695. The maximum Gasteiger partial charge on any atom is 0.234 e. The minimum absolute atomic E-state index is 0.122. The summed E-state index contributed by atoms with van der Waals surface area (Å²) in [6.07, 6.45) is 1.57. The maximum absolute atomic E-state index is 11.7. The molecule has 0 spiro atoms. The molecule has 0 atom stereocenters. The van der Waals surface area contributed by atoms with Gasteiger partial charge in [-0.25, -0.2) is 9.97 Å². The van der Waals surface area contributed by atoms with Crippen molar-refractivity contribution in [1.29, 1.82) is 0 Å². The minimum atomic E-state index is -0.122. The topological polar surface area (TPSA) is 54.9 Å². The molecule has 1 amide bonds. The molecule has 0 aliphatic carbocycles. The monoisotopic (exact) mass is 299 g/mol. The number of hydrogen-bond donors (Lipinski definition) is 1. The van der Waals surface area contributed by atoms with Gasteiger partial charge in [0.05, 0.1) is 11.4 Å². The van der Waals surface area contributed by atoms with Crippen LogP contribution >= 0.6 is 34.7 Å². The standard InChI is InChI=1S/C11H10ClN3OS2/c1-7-5-17-11(14-7)18-6-9(16)15-8-3-2-4-13-10(8)12/h2-5H,6H2,1H3,(H,15,16). The summed E-state index contributed by atoms with van der Waals surface area (Å²) in [7, 11) is 0. The zero-order valence-electron chi connectivity index (χ0n) is 9.51. The lowest BCUT2D eigenvalue weighted by Gasteiger charge is -2.04. The predicted octanol–water partition coefficient (Wildman–Crippen LogP) is 3.23. The van der Waals surface area contributed by atoms with Gasteiger partial charge in [-0.3, -0.25) is 4.79 Å². The normalized spacial score (nSPS) is 10.3. The molecule has 7 heteroatoms. The Hall–Kier alpha value is -1.11. The molecule has 0 saturated carbocycles. The fraction of sp³-hybridized carbons (Fsp3) is 0.182. The van der Waals surface area contributed by atoms with Crippen LogP contribution in [0.4, 0.5) is 5.69 Å². The molecule has 0 aliphatic heterocycles. The lowest BCUT2D eigenvalue weighted by Crippen LogP contribution is -2.14. The molecule has 2 heterocycles. The van der Waals surface area contributed by atoms with Crippen LogP contribution in [-0.4, -0.2) is 21.6 Å². The number of pyridine rings is 1. The van der Waals surface area contributed by atoms with Gasteiger partial charge in [-0.05, 0) is 19.1 Å². The second kappa shape index (κ2) is 6.17. The number of rotatable bonds is 4. The molecule has 4 nitrogen and oxygen atoms in total. The van der Waals surface area contributed by atoms with Crippen LogP contribution in [0.2, 0.25) is 5.15 Å². The van der Waals surface area contributed by atoms with E-state index in [1.807, 2.05) is 12.3 Å². The van der Waals surface area contributed by atoms with Crippen LogP contribution in [0.5, 0.6) is 0 Å². The van der Waals surface area contributed by atoms with Crippen molar-refractivity contribution in [3.8, 4) is 0 Å². The van der Waals surface area contributed by atoms with Crippen LogP contribution in [0.3, 0.4) is 0 Å². The Morgan fingerprint density at radius 2 is 2.44 bits per heavy atom. The van der Waals surface area contributed by atoms with Crippen LogP contribution in [0.15, 0.2) is 28.0 Å². The Balaban J connectivity index is 1.88. The predicted molar refractivity (Wildman–Crippen MR) is 75.5 cm³/mol. The molecule has 2 rings (SSSR count). The number of carbonyl (C=O) groups excluding carboxylic acids is 1. The first-order valence-corrected chi connectivity index (χ1v) is 7.35. The lowest BCUT2D eigenvalue weighted by molar-refractivity contribution is -0.113. The van der Waals surface area contributed by atoms with E-state index in [0.717, 1.165) is 10.0 Å². The first kappa shape index (κ1) is 13.3. The molecule has 0 unspecified atom stereocenters. The third kappa shape index (κ3) is 3.69. The highest BCUT2D eigenvalue weighted by Gasteiger charge is 2.08. The molecule has 0 bridgehead atoms. The van der Waals surface area contributed by atoms with Crippen molar-refractivity contribution in [2.75, 3.05) is 11.1 Å². The van der Waals surface area contributed by atoms with E-state index >= 15 is 0 Å². The van der Waals surface area contributed by atoms with E-state index in [1.165, 1.54) is 23.1 Å². The average molecular weight is 300 g/mol. The number of hydrogen-bond acceptors (Lipinski definition) is 5. The summed E-state index contributed by atoms with van der Waals surface area (Å²) in [6.45, 7) is 1.93. The lowest BCUT2D eigenvalue weighted by atomic mass is 10.4. The number of carbonyl (C=O) groups is 1. The molecule has 0 radical (unpaired) electrons. The van der Waals surface area contributed by atoms with Crippen molar-refractivity contribution in [3.63, 3.8) is 0 Å². The number of halogens is 1. The van der Waals surface area contributed by atoms with Crippen molar-refractivity contribution in [2.24, 2.45) is 0 Å². The molecule has 0 aliphatic rings. The van der Waals surface area contributed by atoms with Crippen LogP contribution in [0.25, 0.3) is 0 Å². The first-order valence-electron chi connectivity index (χ1n) is 5.10. The summed E-state index contributed by atoms with van der Waals surface area (Å²) in [4.78, 5) is 19.9. The minimum Gasteiger partial charge on any atom is -0.323 e. The van der Waals surface area contributed by atoms with Crippen LogP contribution in [0.1, 0.15) is 5.69 Å². The van der Waals surface area contributed by atoms with E-state index in [1.54, 1.807) is 18.3 Å². The smallest absolute Gasteiger partial charge is 0.234 e. The number of nitrogens with zero attached hydrogens (tertiary/aromatic N) is 2. The van der Waals surface area contributed by atoms with Crippen molar-refractivity contribution in [1.82, 2.24) is 9.97 Å². The SMILES string of the molecule is Cc1csc(SCC(=O)Nc2cccnc2Cl)n1. The van der Waals surface area contributed by atoms with Crippen LogP contribution in [0, 0.1) is 6.92 Å². The number of thioether (sulfide) groups is 1. The summed E-state index contributed by atoms with van der Waals surface area (Å²) < 4.78 is 0.889. The van der Waals surface area contributed by atoms with Gasteiger partial charge in [0, 0.05) is 17.3 Å². The second-order valence-corrected chi connectivity index (χ2v) is 5.87. The summed E-state index contributed by atoms with van der Waals surface area (Å²) >= 11 is 8.79. The van der Waals surface area contributed by atoms with Crippen molar-refractivity contribution >= 4 is 46.3 Å². The number of aromatic nitrogens is 2. The molecule has 0 aromatic carbocycles. The Kier molecular flexibility index (Phi) is 4.57. The number of amides is 1. The molecule has 2 aromatic heterocycles. The van der Waals surface area contributed by atoms with Gasteiger partial charge in [-0.2, -0.15) is 0 Å². The van der Waals surface area contributed by atoms with Crippen molar-refractivity contribution in [3.05, 3.63) is 34.6 Å². The molecular formula is C11H10ClN3OS2. The van der Waals surface area contributed by atoms with E-state index in [9.17, 15) is 4.79 Å². The summed E-state index contributed by atoms with van der Waals surface area (Å²) in [6, 6.07) is 3.43. The Morgan fingerprint density at radius 1 is 1.61 bits per heavy atom. The largest absolute Gasteiger partial charge is 0.323 e. The molecule has 18 heavy (non-hydrogen) atoms. The number of aryl methyl sites for hydroxylation is 1. The van der Waals surface area contributed by atoms with E-state index in [4.69, 9.17) is 11.6 Å². The fourth-order valence-corrected chi connectivity index (χ4v) is 3.01. The molecule has 94 valence electrons. The highest BCUT2D eigenvalue weighted by atomic mass is 35.5. The number of nitrogens with one attached hydrogen (secondary N) is 1. The second-order valence-electron chi connectivity index (χ2n) is 3.43. The van der Waals surface area contributed by atoms with Gasteiger partial charge in [0.1, 0.15) is 0 Å². The highest BCUT2D eigenvalue weighted by molar-refractivity contribution is 8.01. The fourth-order valence-electron chi connectivity index (χ4n) is 1.19. The molecule has 0 fully saturated rings. The zero-order valence-corrected chi connectivity index (χ0v) is 11.9. The Labute approximate surface area is 118 Å². The number of anilines is 1. The van der Waals surface area contributed by atoms with Crippen LogP contribution in [-0.2, 0) is 4.79 Å². The van der Waals surface area contributed by atoms with E-state index in [2.05, 4.69) is 15.3 Å². The molecule has 0 saturated heterocycles. The first-order chi connectivity index (χ1) is 8.65. The highest BCUT2D eigenvalue weighted by Crippen LogP contribution is 2.23. The van der Waals surface area contributed by atoms with E-state index in [-0.39, 0.29) is 5.91 Å². The maximum atomic E-state index is 11.7. The van der Waals surface area contributed by atoms with Gasteiger partial charge in [-0.15, -0.1) is 11.3 Å². The Bertz CT molecular complexity index is 559. The summed E-state index contributed by atoms with van der Waals surface area (Å²) in [5, 5.41) is 4.96. The summed E-state index contributed by atoms with van der Waals surface area (Å²) in [5.41, 5.74) is 1.50. The summed E-state index contributed by atoms with van der Waals surface area (Å²) in [5.74, 6) is 0.181. The van der Waals surface area contributed by atoms with Gasteiger partial charge in [-0.1, -0.05) is 23.4 Å². The Morgan fingerprint density at radius 3 is 3.11 bits per heavy atom. The molecule has 2 aromatic rings. The molecule has 1 N–H and O–H groups in total. The van der Waals surface area contributed by atoms with Gasteiger partial charge >= 0.3 is 0 Å². The zero-order chi connectivity index (χ0) is 13.0. The van der Waals surface area contributed by atoms with Gasteiger partial charge in [0.2, 0.25) is 5.91 Å². The van der Waals surface area contributed by atoms with Crippen molar-refractivity contribution in [2.45, 2.75) is 11.3 Å². The average Bonchev–Trinajstić information content (AvgIpc) is 2.76. The van der Waals surface area contributed by atoms with Crippen LogP contribution < -0.4 is 5.32 Å². The van der Waals surface area contributed by atoms with Gasteiger partial charge in [0.25, 0.3) is 0 Å². The third-order valence-electron chi connectivity index (χ3n) is 1.96. The van der Waals surface area contributed by atoms with E-state index in [0.29, 0.717) is 16.6 Å². The van der Waals surface area contributed by atoms with Crippen molar-refractivity contribution < 1.29 is 4.79 Å². The van der Waals surface area contributed by atoms with Gasteiger partial charge < -0.3 is 5.32 Å². The molecular weight excluding hydrogens is 290 g/mol. The van der Waals surface area contributed by atoms with E-state index < -0.39 is 0 Å².